The Morgan fingerprint density at radius 1 is 0.778 bits per heavy atom. The molecule has 1 aliphatic carbocycles. The average Bonchev–Trinajstić information content (AvgIpc) is 3.42. The molecule has 0 fully saturated rings. The molecule has 0 saturated heterocycles. The number of nitrogens with one attached hydrogen (secondary N) is 1. The highest BCUT2D eigenvalue weighted by Gasteiger charge is 2.41. The zero-order chi connectivity index (χ0) is 31.3. The van der Waals surface area contributed by atoms with Gasteiger partial charge < -0.3 is 15.8 Å². The monoisotopic (exact) mass is 594 g/mol. The first kappa shape index (κ1) is 29.9. The van der Waals surface area contributed by atoms with E-state index in [1.165, 1.54) is 0 Å². The second kappa shape index (κ2) is 13.2. The maximum absolute atomic E-state index is 14.9. The third-order valence-electron chi connectivity index (χ3n) is 8.50. The van der Waals surface area contributed by atoms with Gasteiger partial charge in [-0.3, -0.25) is 9.59 Å². The van der Waals surface area contributed by atoms with Gasteiger partial charge in [-0.05, 0) is 76.9 Å². The zero-order valence-corrected chi connectivity index (χ0v) is 25.8. The largest absolute Gasteiger partial charge is 0.457 e. The molecule has 5 heteroatoms. The van der Waals surface area contributed by atoms with E-state index in [1.54, 1.807) is 12.1 Å². The summed E-state index contributed by atoms with van der Waals surface area (Å²) in [5.74, 6) is 0.227. The minimum atomic E-state index is -0.556. The van der Waals surface area contributed by atoms with Crippen LogP contribution in [0.4, 0.5) is 5.69 Å². The highest BCUT2D eigenvalue weighted by atomic mass is 16.5. The van der Waals surface area contributed by atoms with Crippen LogP contribution in [0.15, 0.2) is 109 Å². The van der Waals surface area contributed by atoms with Crippen molar-refractivity contribution in [3.05, 3.63) is 137 Å². The van der Waals surface area contributed by atoms with Crippen molar-refractivity contribution in [1.82, 2.24) is 5.32 Å². The van der Waals surface area contributed by atoms with Crippen molar-refractivity contribution in [2.45, 2.75) is 45.4 Å². The number of carbonyl (C=O) groups excluding carboxylic acids is 2. The van der Waals surface area contributed by atoms with Crippen LogP contribution in [0.25, 0.3) is 22.3 Å². The van der Waals surface area contributed by atoms with Crippen LogP contribution in [0, 0.1) is 0 Å². The van der Waals surface area contributed by atoms with Crippen molar-refractivity contribution in [3.8, 4) is 33.8 Å². The number of benzene rings is 5. The Morgan fingerprint density at radius 2 is 1.44 bits per heavy atom. The standard InChI is InChI=1S/C40H38N2O3/c1-3-5-20-31-33(26-16-8-6-9-17-26)38(41)37(39(43)30-23-14-15-24-32(30)45-27-18-10-7-11-19-27)34-28-21-12-13-22-29(28)36(35(31)34)40(44)42-25-4-2/h6-19,21-24,36H,3-5,20,25,41H2,1-2H3,(H,42,44). The smallest absolute Gasteiger partial charge is 0.232 e. The highest BCUT2D eigenvalue weighted by Crippen LogP contribution is 2.54. The summed E-state index contributed by atoms with van der Waals surface area (Å²) >= 11 is 0. The van der Waals surface area contributed by atoms with Gasteiger partial charge in [0.05, 0.1) is 22.7 Å². The fourth-order valence-electron chi connectivity index (χ4n) is 6.47. The SMILES string of the molecule is CCCCc1c(-c2ccccc2)c(N)c(C(=O)c2ccccc2Oc2ccccc2)c2c1C(C(=O)NCCC)c1ccccc1-2. The number of nitrogens with two attached hydrogens (primary N) is 1. The lowest BCUT2D eigenvalue weighted by Crippen LogP contribution is -2.30. The van der Waals surface area contributed by atoms with Gasteiger partial charge in [0.2, 0.25) is 5.91 Å². The summed E-state index contributed by atoms with van der Waals surface area (Å²) in [6, 6.07) is 34.6. The zero-order valence-electron chi connectivity index (χ0n) is 25.8. The van der Waals surface area contributed by atoms with E-state index in [4.69, 9.17) is 10.5 Å². The van der Waals surface area contributed by atoms with Crippen LogP contribution in [0.2, 0.25) is 0 Å². The lowest BCUT2D eigenvalue weighted by atomic mass is 9.80. The molecule has 3 N–H and O–H groups in total. The van der Waals surface area contributed by atoms with Gasteiger partial charge in [0.1, 0.15) is 11.5 Å². The number of carbonyl (C=O) groups is 2. The van der Waals surface area contributed by atoms with Crippen LogP contribution in [-0.2, 0) is 11.2 Å². The summed E-state index contributed by atoms with van der Waals surface area (Å²) in [6.07, 6.45) is 3.47. The number of nitrogen functional groups attached to an aromatic ring is 1. The van der Waals surface area contributed by atoms with Crippen LogP contribution in [0.5, 0.6) is 11.5 Å². The minimum Gasteiger partial charge on any atom is -0.457 e. The number of unbranched alkanes of at least 4 members (excludes halogenated alkanes) is 1. The molecule has 5 nitrogen and oxygen atoms in total. The summed E-state index contributed by atoms with van der Waals surface area (Å²) in [4.78, 5) is 29.0. The number of ether oxygens (including phenoxy) is 1. The van der Waals surface area contributed by atoms with E-state index in [1.807, 2.05) is 104 Å². The van der Waals surface area contributed by atoms with E-state index in [-0.39, 0.29) is 11.7 Å². The van der Waals surface area contributed by atoms with E-state index in [2.05, 4.69) is 12.2 Å². The molecule has 45 heavy (non-hydrogen) atoms. The molecule has 1 amide bonds. The van der Waals surface area contributed by atoms with E-state index < -0.39 is 5.92 Å². The molecule has 5 aromatic carbocycles. The number of fused-ring (bicyclic) bond motifs is 3. The van der Waals surface area contributed by atoms with Gasteiger partial charge in [-0.25, -0.2) is 0 Å². The number of amides is 1. The molecule has 0 aliphatic heterocycles. The number of hydrogen-bond acceptors (Lipinski definition) is 4. The molecular formula is C40H38N2O3. The quantitative estimate of drug-likeness (QED) is 0.118. The van der Waals surface area contributed by atoms with Crippen molar-refractivity contribution in [2.75, 3.05) is 12.3 Å². The Hall–Kier alpha value is -5.16. The maximum Gasteiger partial charge on any atom is 0.232 e. The molecule has 0 heterocycles. The molecule has 0 saturated carbocycles. The second-order valence-electron chi connectivity index (χ2n) is 11.5. The first-order chi connectivity index (χ1) is 22.0. The molecular weight excluding hydrogens is 556 g/mol. The van der Waals surface area contributed by atoms with Crippen molar-refractivity contribution in [2.24, 2.45) is 0 Å². The van der Waals surface area contributed by atoms with Gasteiger partial charge in [0, 0.05) is 12.1 Å². The number of hydrogen-bond donors (Lipinski definition) is 2. The molecule has 0 bridgehead atoms. The van der Waals surface area contributed by atoms with Gasteiger partial charge in [-0.2, -0.15) is 0 Å². The van der Waals surface area contributed by atoms with Crippen molar-refractivity contribution in [3.63, 3.8) is 0 Å². The molecule has 0 spiro atoms. The molecule has 0 radical (unpaired) electrons. The Balaban J connectivity index is 1.66. The third-order valence-corrected chi connectivity index (χ3v) is 8.50. The lowest BCUT2D eigenvalue weighted by molar-refractivity contribution is -0.121. The number of para-hydroxylation sites is 2. The summed E-state index contributed by atoms with van der Waals surface area (Å²) < 4.78 is 6.25. The number of rotatable bonds is 11. The minimum absolute atomic E-state index is 0.0595. The Labute approximate surface area is 265 Å². The predicted octanol–water partition coefficient (Wildman–Crippen LogP) is 8.94. The summed E-state index contributed by atoms with van der Waals surface area (Å²) in [6.45, 7) is 4.78. The molecule has 1 unspecified atom stereocenters. The van der Waals surface area contributed by atoms with E-state index in [9.17, 15) is 9.59 Å². The summed E-state index contributed by atoms with van der Waals surface area (Å²) in [5.41, 5.74) is 14.6. The van der Waals surface area contributed by atoms with Gasteiger partial charge >= 0.3 is 0 Å². The highest BCUT2D eigenvalue weighted by molar-refractivity contribution is 6.21. The van der Waals surface area contributed by atoms with Crippen LogP contribution in [-0.4, -0.2) is 18.2 Å². The fourth-order valence-corrected chi connectivity index (χ4v) is 6.47. The van der Waals surface area contributed by atoms with Gasteiger partial charge in [-0.15, -0.1) is 0 Å². The summed E-state index contributed by atoms with van der Waals surface area (Å²) in [7, 11) is 0. The van der Waals surface area contributed by atoms with E-state index in [0.717, 1.165) is 64.6 Å². The molecule has 5 aromatic rings. The van der Waals surface area contributed by atoms with Gasteiger partial charge in [0.15, 0.2) is 5.78 Å². The first-order valence-electron chi connectivity index (χ1n) is 15.8. The number of anilines is 1. The normalized spacial score (nSPS) is 13.2. The van der Waals surface area contributed by atoms with Crippen molar-refractivity contribution >= 4 is 17.4 Å². The lowest BCUT2D eigenvalue weighted by Gasteiger charge is -2.25. The van der Waals surface area contributed by atoms with Crippen molar-refractivity contribution in [1.29, 1.82) is 0 Å². The van der Waals surface area contributed by atoms with Crippen molar-refractivity contribution < 1.29 is 14.3 Å². The van der Waals surface area contributed by atoms with E-state index >= 15 is 0 Å². The molecule has 226 valence electrons. The Kier molecular flexibility index (Phi) is 8.79. The molecule has 6 rings (SSSR count). The topological polar surface area (TPSA) is 81.4 Å². The predicted molar refractivity (Wildman–Crippen MR) is 182 cm³/mol. The molecule has 1 aliphatic rings. The van der Waals surface area contributed by atoms with Crippen LogP contribution in [0.3, 0.4) is 0 Å². The van der Waals surface area contributed by atoms with Gasteiger partial charge in [0.25, 0.3) is 0 Å². The Morgan fingerprint density at radius 3 is 2.18 bits per heavy atom. The molecule has 0 aromatic heterocycles. The number of ketones is 1. The fraction of sp³-hybridized carbons (Fsp3) is 0.200. The molecule has 1 atom stereocenters. The second-order valence-corrected chi connectivity index (χ2v) is 11.5. The average molecular weight is 595 g/mol. The van der Waals surface area contributed by atoms with E-state index in [0.29, 0.717) is 34.9 Å². The van der Waals surface area contributed by atoms with Gasteiger partial charge in [-0.1, -0.05) is 105 Å². The van der Waals surface area contributed by atoms with Crippen LogP contribution < -0.4 is 15.8 Å². The first-order valence-corrected chi connectivity index (χ1v) is 15.8. The van der Waals surface area contributed by atoms with Crippen LogP contribution >= 0.6 is 0 Å². The summed E-state index contributed by atoms with van der Waals surface area (Å²) in [5, 5.41) is 3.15. The third kappa shape index (κ3) is 5.62. The van der Waals surface area contributed by atoms with Crippen LogP contribution in [0.1, 0.15) is 71.6 Å². The maximum atomic E-state index is 14.9. The Bertz CT molecular complexity index is 1850.